The molecule has 0 fully saturated rings. The molecule has 14 heavy (non-hydrogen) atoms. The minimum absolute atomic E-state index is 0.361. The summed E-state index contributed by atoms with van der Waals surface area (Å²) in [5.74, 6) is 0.861. The maximum Gasteiger partial charge on any atom is 0.513 e. The molecule has 0 aliphatic carbocycles. The number of benzene rings is 1. The van der Waals surface area contributed by atoms with Crippen LogP contribution in [0.4, 0.5) is 4.79 Å². The molecular weight excluding hydrogens is 184 g/mol. The van der Waals surface area contributed by atoms with Crippen LogP contribution in [0.15, 0.2) is 18.2 Å². The number of ether oxygens (including phenoxy) is 3. The second-order valence-corrected chi connectivity index (χ2v) is 2.71. The first-order chi connectivity index (χ1) is 6.67. The van der Waals surface area contributed by atoms with Gasteiger partial charge in [-0.25, -0.2) is 4.79 Å². The lowest BCUT2D eigenvalue weighted by Gasteiger charge is -2.08. The molecule has 0 unspecified atom stereocenters. The molecule has 0 atom stereocenters. The summed E-state index contributed by atoms with van der Waals surface area (Å²) in [6.45, 7) is 1.89. The van der Waals surface area contributed by atoms with Crippen LogP contribution in [0.25, 0.3) is 0 Å². The van der Waals surface area contributed by atoms with Gasteiger partial charge in [0.2, 0.25) is 0 Å². The van der Waals surface area contributed by atoms with Gasteiger partial charge in [-0.05, 0) is 24.6 Å². The predicted molar refractivity (Wildman–Crippen MR) is 50.8 cm³/mol. The van der Waals surface area contributed by atoms with E-state index in [1.807, 2.05) is 13.0 Å². The zero-order valence-electron chi connectivity index (χ0n) is 8.37. The molecule has 0 saturated heterocycles. The van der Waals surface area contributed by atoms with Crippen molar-refractivity contribution in [1.82, 2.24) is 0 Å². The summed E-state index contributed by atoms with van der Waals surface area (Å²) in [7, 11) is 2.76. The fourth-order valence-electron chi connectivity index (χ4n) is 0.995. The van der Waals surface area contributed by atoms with E-state index in [1.54, 1.807) is 12.1 Å². The number of aryl methyl sites for hydroxylation is 1. The van der Waals surface area contributed by atoms with Gasteiger partial charge in [0.25, 0.3) is 0 Å². The summed E-state index contributed by atoms with van der Waals surface area (Å²) < 4.78 is 14.3. The highest BCUT2D eigenvalue weighted by Crippen LogP contribution is 2.27. The van der Waals surface area contributed by atoms with Gasteiger partial charge in [-0.3, -0.25) is 0 Å². The van der Waals surface area contributed by atoms with Crippen molar-refractivity contribution in [2.75, 3.05) is 14.2 Å². The minimum Gasteiger partial charge on any atom is -0.493 e. The maximum absolute atomic E-state index is 10.9. The summed E-state index contributed by atoms with van der Waals surface area (Å²) in [5, 5.41) is 0. The average Bonchev–Trinajstić information content (AvgIpc) is 2.18. The normalized spacial score (nSPS) is 9.36. The number of hydrogen-bond acceptors (Lipinski definition) is 4. The molecule has 0 N–H and O–H groups in total. The molecule has 0 bridgehead atoms. The molecule has 0 heterocycles. The van der Waals surface area contributed by atoms with Gasteiger partial charge in [0, 0.05) is 0 Å². The number of rotatable bonds is 2. The van der Waals surface area contributed by atoms with Gasteiger partial charge in [0.05, 0.1) is 14.2 Å². The Kier molecular flexibility index (Phi) is 3.34. The number of methoxy groups -OCH3 is 2. The number of carbonyl (C=O) groups excluding carboxylic acids is 1. The second-order valence-electron chi connectivity index (χ2n) is 2.71. The van der Waals surface area contributed by atoms with Crippen LogP contribution in [0, 0.1) is 6.92 Å². The molecule has 0 amide bonds. The Morgan fingerprint density at radius 2 is 1.93 bits per heavy atom. The monoisotopic (exact) mass is 196 g/mol. The second kappa shape index (κ2) is 4.50. The van der Waals surface area contributed by atoms with E-state index in [0.717, 1.165) is 5.56 Å². The summed E-state index contributed by atoms with van der Waals surface area (Å²) in [6, 6.07) is 5.30. The summed E-state index contributed by atoms with van der Waals surface area (Å²) in [6.07, 6.45) is -0.756. The SMILES string of the molecule is COC(=O)Oc1cc(C)ccc1OC. The summed E-state index contributed by atoms with van der Waals surface area (Å²) >= 11 is 0. The molecule has 0 aliphatic heterocycles. The smallest absolute Gasteiger partial charge is 0.493 e. The Hall–Kier alpha value is -1.71. The van der Waals surface area contributed by atoms with Crippen LogP contribution in [-0.4, -0.2) is 20.4 Å². The van der Waals surface area contributed by atoms with Crippen molar-refractivity contribution in [2.24, 2.45) is 0 Å². The molecular formula is C10H12O4. The van der Waals surface area contributed by atoms with Gasteiger partial charge in [0.1, 0.15) is 0 Å². The van der Waals surface area contributed by atoms with E-state index < -0.39 is 6.16 Å². The van der Waals surface area contributed by atoms with E-state index in [4.69, 9.17) is 9.47 Å². The van der Waals surface area contributed by atoms with E-state index in [1.165, 1.54) is 14.2 Å². The van der Waals surface area contributed by atoms with E-state index in [2.05, 4.69) is 4.74 Å². The van der Waals surface area contributed by atoms with E-state index >= 15 is 0 Å². The zero-order chi connectivity index (χ0) is 10.6. The lowest BCUT2D eigenvalue weighted by molar-refractivity contribution is 0.120. The first-order valence-corrected chi connectivity index (χ1v) is 4.08. The Balaban J connectivity index is 2.93. The van der Waals surface area contributed by atoms with E-state index in [9.17, 15) is 4.79 Å². The molecule has 0 aromatic heterocycles. The average molecular weight is 196 g/mol. The molecule has 1 aromatic rings. The fourth-order valence-corrected chi connectivity index (χ4v) is 0.995. The van der Waals surface area contributed by atoms with Crippen molar-refractivity contribution in [3.05, 3.63) is 23.8 Å². The van der Waals surface area contributed by atoms with Crippen LogP contribution < -0.4 is 9.47 Å². The van der Waals surface area contributed by atoms with Gasteiger partial charge in [-0.1, -0.05) is 6.07 Å². The molecule has 76 valence electrons. The van der Waals surface area contributed by atoms with Crippen molar-refractivity contribution in [1.29, 1.82) is 0 Å². The van der Waals surface area contributed by atoms with Crippen LogP contribution in [0.3, 0.4) is 0 Å². The van der Waals surface area contributed by atoms with Gasteiger partial charge >= 0.3 is 6.16 Å². The van der Waals surface area contributed by atoms with Crippen LogP contribution in [-0.2, 0) is 4.74 Å². The zero-order valence-corrected chi connectivity index (χ0v) is 8.37. The minimum atomic E-state index is -0.756. The third kappa shape index (κ3) is 2.39. The molecule has 0 aliphatic rings. The lowest BCUT2D eigenvalue weighted by atomic mass is 10.2. The number of hydrogen-bond donors (Lipinski definition) is 0. The summed E-state index contributed by atoms with van der Waals surface area (Å²) in [5.41, 5.74) is 0.977. The van der Waals surface area contributed by atoms with E-state index in [-0.39, 0.29) is 0 Å². The molecule has 0 radical (unpaired) electrons. The van der Waals surface area contributed by atoms with Crippen molar-refractivity contribution in [2.45, 2.75) is 6.92 Å². The number of carbonyl (C=O) groups is 1. The first kappa shape index (κ1) is 10.4. The Labute approximate surface area is 82.4 Å². The van der Waals surface area contributed by atoms with Crippen LogP contribution in [0.1, 0.15) is 5.56 Å². The van der Waals surface area contributed by atoms with Crippen LogP contribution in [0.5, 0.6) is 11.5 Å². The third-order valence-electron chi connectivity index (χ3n) is 1.68. The molecule has 0 saturated carbocycles. The molecule has 1 aromatic carbocycles. The standard InChI is InChI=1S/C10H12O4/c1-7-4-5-8(12-2)9(6-7)14-10(11)13-3/h4-6H,1-3H3. The van der Waals surface area contributed by atoms with E-state index in [0.29, 0.717) is 11.5 Å². The highest BCUT2D eigenvalue weighted by atomic mass is 16.7. The van der Waals surface area contributed by atoms with Crippen molar-refractivity contribution >= 4 is 6.16 Å². The van der Waals surface area contributed by atoms with Crippen LogP contribution >= 0.6 is 0 Å². The highest BCUT2D eigenvalue weighted by molar-refractivity contribution is 5.65. The quantitative estimate of drug-likeness (QED) is 0.537. The molecule has 1 rings (SSSR count). The maximum atomic E-state index is 10.9. The molecule has 0 spiro atoms. The molecule has 4 nitrogen and oxygen atoms in total. The Morgan fingerprint density at radius 1 is 1.21 bits per heavy atom. The van der Waals surface area contributed by atoms with Gasteiger partial charge < -0.3 is 14.2 Å². The van der Waals surface area contributed by atoms with Crippen molar-refractivity contribution in [3.8, 4) is 11.5 Å². The Bertz CT molecular complexity index is 333. The van der Waals surface area contributed by atoms with Crippen LogP contribution in [0.2, 0.25) is 0 Å². The first-order valence-electron chi connectivity index (χ1n) is 4.08. The molecule has 4 heteroatoms. The van der Waals surface area contributed by atoms with Crippen molar-refractivity contribution < 1.29 is 19.0 Å². The van der Waals surface area contributed by atoms with Gasteiger partial charge in [0.15, 0.2) is 11.5 Å². The van der Waals surface area contributed by atoms with Gasteiger partial charge in [-0.15, -0.1) is 0 Å². The lowest BCUT2D eigenvalue weighted by Crippen LogP contribution is -2.08. The largest absolute Gasteiger partial charge is 0.513 e. The van der Waals surface area contributed by atoms with Gasteiger partial charge in [-0.2, -0.15) is 0 Å². The fraction of sp³-hybridized carbons (Fsp3) is 0.300. The highest BCUT2D eigenvalue weighted by Gasteiger charge is 2.09. The Morgan fingerprint density at radius 3 is 2.50 bits per heavy atom. The van der Waals surface area contributed by atoms with Crippen molar-refractivity contribution in [3.63, 3.8) is 0 Å². The summed E-state index contributed by atoms with van der Waals surface area (Å²) in [4.78, 5) is 10.9. The predicted octanol–water partition coefficient (Wildman–Crippen LogP) is 2.15. The topological polar surface area (TPSA) is 44.8 Å². The third-order valence-corrected chi connectivity index (χ3v) is 1.68.